The Kier molecular flexibility index (Phi) is 10.2. The number of hydrogen-bond donors (Lipinski definition) is 2. The van der Waals surface area contributed by atoms with E-state index in [4.69, 9.17) is 18.9 Å². The summed E-state index contributed by atoms with van der Waals surface area (Å²) < 4.78 is 22.5. The maximum atomic E-state index is 12.3. The second-order valence-electron chi connectivity index (χ2n) is 10.4. The number of ether oxygens (including phenoxy) is 4. The van der Waals surface area contributed by atoms with Gasteiger partial charge in [-0.05, 0) is 90.3 Å². The van der Waals surface area contributed by atoms with E-state index < -0.39 is 5.60 Å². The van der Waals surface area contributed by atoms with Crippen molar-refractivity contribution in [3.63, 3.8) is 0 Å². The minimum absolute atomic E-state index is 0.00152. The topological polar surface area (TPSA) is 95.1 Å². The average Bonchev–Trinajstić information content (AvgIpc) is 2.82. The van der Waals surface area contributed by atoms with Crippen LogP contribution < -0.4 is 15.4 Å². The lowest BCUT2D eigenvalue weighted by Gasteiger charge is -2.36. The third-order valence-electron chi connectivity index (χ3n) is 6.48. The monoisotopic (exact) mass is 490 g/mol. The average molecular weight is 491 g/mol. The molecule has 0 radical (unpaired) electrons. The first-order valence-corrected chi connectivity index (χ1v) is 13.0. The van der Waals surface area contributed by atoms with Crippen molar-refractivity contribution in [2.75, 3.05) is 26.4 Å². The maximum Gasteiger partial charge on any atom is 0.407 e. The standard InChI is InChI=1S/C27H42N2O6/c1-5-32-25(30)18-34-24-11-7-6-9-21(24)19-12-14-20(15-13-19)33-17-23-22(10-8-16-28-23)29-26(31)35-27(2,3)4/h6-7,9,11,19-20,22-23,28H,5,8,10,12-18H2,1-4H3,(H,29,31)/t19-,20+,22-,23-/m0/s1. The Morgan fingerprint density at radius 2 is 1.83 bits per heavy atom. The number of alkyl carbamates (subject to hydrolysis) is 1. The largest absolute Gasteiger partial charge is 0.482 e. The van der Waals surface area contributed by atoms with Crippen LogP contribution in [0.2, 0.25) is 0 Å². The van der Waals surface area contributed by atoms with E-state index in [0.717, 1.165) is 56.4 Å². The van der Waals surface area contributed by atoms with Crippen molar-refractivity contribution in [2.45, 2.75) is 95.9 Å². The summed E-state index contributed by atoms with van der Waals surface area (Å²) in [5.74, 6) is 0.783. The molecule has 2 fully saturated rings. The Morgan fingerprint density at radius 1 is 1.09 bits per heavy atom. The summed E-state index contributed by atoms with van der Waals surface area (Å²) in [5.41, 5.74) is 0.630. The minimum Gasteiger partial charge on any atom is -0.482 e. The van der Waals surface area contributed by atoms with Crippen molar-refractivity contribution in [2.24, 2.45) is 0 Å². The van der Waals surface area contributed by atoms with Gasteiger partial charge < -0.3 is 29.6 Å². The molecule has 1 aromatic carbocycles. The van der Waals surface area contributed by atoms with Gasteiger partial charge in [-0.15, -0.1) is 0 Å². The van der Waals surface area contributed by atoms with Gasteiger partial charge in [0.25, 0.3) is 0 Å². The van der Waals surface area contributed by atoms with Crippen molar-refractivity contribution < 1.29 is 28.5 Å². The lowest BCUT2D eigenvalue weighted by atomic mass is 9.82. The van der Waals surface area contributed by atoms with Gasteiger partial charge in [-0.25, -0.2) is 9.59 Å². The van der Waals surface area contributed by atoms with Crippen LogP contribution in [0.3, 0.4) is 0 Å². The highest BCUT2D eigenvalue weighted by atomic mass is 16.6. The van der Waals surface area contributed by atoms with Crippen LogP contribution in [-0.2, 0) is 19.0 Å². The number of carbonyl (C=O) groups is 2. The van der Waals surface area contributed by atoms with E-state index in [0.29, 0.717) is 19.1 Å². The van der Waals surface area contributed by atoms with Crippen LogP contribution in [-0.4, -0.2) is 62.2 Å². The Balaban J connectivity index is 1.46. The number of rotatable bonds is 9. The summed E-state index contributed by atoms with van der Waals surface area (Å²) in [6, 6.07) is 8.03. The van der Waals surface area contributed by atoms with Gasteiger partial charge in [0.05, 0.1) is 25.4 Å². The quantitative estimate of drug-likeness (QED) is 0.498. The van der Waals surface area contributed by atoms with E-state index in [2.05, 4.69) is 16.7 Å². The van der Waals surface area contributed by atoms with E-state index in [9.17, 15) is 9.59 Å². The number of piperidine rings is 1. The molecule has 0 aromatic heterocycles. The number of para-hydroxylation sites is 1. The SMILES string of the molecule is CCOC(=O)COc1ccccc1[C@H]1CC[C@@H](OC[C@@H]2NCCC[C@@H]2NC(=O)OC(C)(C)C)CC1. The maximum absolute atomic E-state index is 12.3. The van der Waals surface area contributed by atoms with Gasteiger partial charge in [0, 0.05) is 6.04 Å². The molecule has 35 heavy (non-hydrogen) atoms. The summed E-state index contributed by atoms with van der Waals surface area (Å²) in [4.78, 5) is 23.9. The smallest absolute Gasteiger partial charge is 0.407 e. The molecule has 1 aliphatic heterocycles. The molecule has 8 heteroatoms. The Morgan fingerprint density at radius 3 is 2.54 bits per heavy atom. The number of esters is 1. The molecule has 1 heterocycles. The molecule has 1 amide bonds. The van der Waals surface area contributed by atoms with Crippen molar-refractivity contribution in [3.8, 4) is 5.75 Å². The number of nitrogens with one attached hydrogen (secondary N) is 2. The first-order valence-electron chi connectivity index (χ1n) is 13.0. The van der Waals surface area contributed by atoms with Crippen LogP contribution in [0.4, 0.5) is 4.79 Å². The van der Waals surface area contributed by atoms with Crippen LogP contribution in [0.5, 0.6) is 5.75 Å². The molecule has 1 aromatic rings. The molecule has 3 rings (SSSR count). The van der Waals surface area contributed by atoms with Gasteiger partial charge in [0.2, 0.25) is 0 Å². The lowest BCUT2D eigenvalue weighted by Crippen LogP contribution is -2.56. The fraction of sp³-hybridized carbons (Fsp3) is 0.704. The Bertz CT molecular complexity index is 816. The number of carbonyl (C=O) groups excluding carboxylic acids is 2. The van der Waals surface area contributed by atoms with E-state index in [-0.39, 0.29) is 36.9 Å². The molecular formula is C27H42N2O6. The van der Waals surface area contributed by atoms with Gasteiger partial charge in [-0.1, -0.05) is 18.2 Å². The Labute approximate surface area is 209 Å². The van der Waals surface area contributed by atoms with Crippen LogP contribution in [0.25, 0.3) is 0 Å². The first-order chi connectivity index (χ1) is 16.7. The molecule has 196 valence electrons. The zero-order chi connectivity index (χ0) is 25.3. The van der Waals surface area contributed by atoms with E-state index in [1.807, 2.05) is 39.0 Å². The summed E-state index contributed by atoms with van der Waals surface area (Å²) >= 11 is 0. The van der Waals surface area contributed by atoms with Crippen molar-refractivity contribution in [1.29, 1.82) is 0 Å². The predicted molar refractivity (Wildman–Crippen MR) is 134 cm³/mol. The number of hydrogen-bond acceptors (Lipinski definition) is 7. The summed E-state index contributed by atoms with van der Waals surface area (Å²) in [6.07, 6.45) is 5.69. The number of amides is 1. The molecule has 1 saturated heterocycles. The summed E-state index contributed by atoms with van der Waals surface area (Å²) in [6.45, 7) is 9.16. The molecule has 0 bridgehead atoms. The van der Waals surface area contributed by atoms with E-state index in [1.54, 1.807) is 6.92 Å². The Hall–Kier alpha value is -2.32. The second kappa shape index (κ2) is 13.1. The highest BCUT2D eigenvalue weighted by molar-refractivity contribution is 5.71. The molecule has 0 unspecified atom stereocenters. The van der Waals surface area contributed by atoms with Gasteiger partial charge in [0.1, 0.15) is 11.4 Å². The van der Waals surface area contributed by atoms with E-state index in [1.165, 1.54) is 0 Å². The van der Waals surface area contributed by atoms with Crippen molar-refractivity contribution in [3.05, 3.63) is 29.8 Å². The molecule has 1 aliphatic carbocycles. The lowest BCUT2D eigenvalue weighted by molar-refractivity contribution is -0.145. The second-order valence-corrected chi connectivity index (χ2v) is 10.4. The third-order valence-corrected chi connectivity index (χ3v) is 6.48. The van der Waals surface area contributed by atoms with E-state index >= 15 is 0 Å². The normalized spacial score (nSPS) is 24.9. The summed E-state index contributed by atoms with van der Waals surface area (Å²) in [5, 5.41) is 6.53. The predicted octanol–water partition coefficient (Wildman–Crippen LogP) is 4.32. The van der Waals surface area contributed by atoms with Crippen LogP contribution in [0, 0.1) is 0 Å². The fourth-order valence-corrected chi connectivity index (χ4v) is 4.83. The van der Waals surface area contributed by atoms with Gasteiger partial charge in [0.15, 0.2) is 6.61 Å². The molecule has 2 N–H and O–H groups in total. The molecule has 0 spiro atoms. The minimum atomic E-state index is -0.515. The van der Waals surface area contributed by atoms with Crippen LogP contribution in [0.1, 0.15) is 77.7 Å². The van der Waals surface area contributed by atoms with Crippen molar-refractivity contribution >= 4 is 12.1 Å². The molecule has 2 atom stereocenters. The fourth-order valence-electron chi connectivity index (χ4n) is 4.83. The first kappa shape index (κ1) is 27.3. The third kappa shape index (κ3) is 9.00. The molecule has 8 nitrogen and oxygen atoms in total. The van der Waals surface area contributed by atoms with Crippen LogP contribution in [0.15, 0.2) is 24.3 Å². The molecule has 1 saturated carbocycles. The zero-order valence-electron chi connectivity index (χ0n) is 21.6. The highest BCUT2D eigenvalue weighted by Gasteiger charge is 2.30. The van der Waals surface area contributed by atoms with Gasteiger partial charge in [-0.3, -0.25) is 0 Å². The van der Waals surface area contributed by atoms with Gasteiger partial charge in [-0.2, -0.15) is 0 Å². The molecule has 2 aliphatic rings. The van der Waals surface area contributed by atoms with Gasteiger partial charge >= 0.3 is 12.1 Å². The number of benzene rings is 1. The molecular weight excluding hydrogens is 448 g/mol. The summed E-state index contributed by atoms with van der Waals surface area (Å²) in [7, 11) is 0. The highest BCUT2D eigenvalue weighted by Crippen LogP contribution is 2.38. The van der Waals surface area contributed by atoms with Crippen LogP contribution >= 0.6 is 0 Å². The zero-order valence-corrected chi connectivity index (χ0v) is 21.6. The van der Waals surface area contributed by atoms with Crippen molar-refractivity contribution in [1.82, 2.24) is 10.6 Å².